The van der Waals surface area contributed by atoms with Crippen molar-refractivity contribution in [1.29, 1.82) is 0 Å². The third-order valence-electron chi connectivity index (χ3n) is 4.67. The Kier molecular flexibility index (Phi) is 6.31. The van der Waals surface area contributed by atoms with Gasteiger partial charge >= 0.3 is 0 Å². The van der Waals surface area contributed by atoms with Crippen LogP contribution >= 0.6 is 0 Å². The monoisotopic (exact) mass is 374 g/mol. The number of H-pyrrole nitrogens is 1. The molecule has 1 atom stereocenters. The van der Waals surface area contributed by atoms with Crippen molar-refractivity contribution in [2.24, 2.45) is 0 Å². The molecule has 0 bridgehead atoms. The topological polar surface area (TPSA) is 88.7 Å². The molecule has 1 aliphatic rings. The van der Waals surface area contributed by atoms with E-state index in [1.165, 1.54) is 0 Å². The Bertz CT molecular complexity index is 771. The number of rotatable bonds is 7. The third kappa shape index (κ3) is 4.58. The van der Waals surface area contributed by atoms with Crippen LogP contribution in [0, 0.1) is 6.92 Å². The Morgan fingerprint density at radius 2 is 2.00 bits per heavy atom. The second-order valence-corrected chi connectivity index (χ2v) is 6.42. The fraction of sp³-hybridized carbons (Fsp3) is 0.474. The van der Waals surface area contributed by atoms with E-state index in [4.69, 9.17) is 14.2 Å². The maximum atomic E-state index is 12.4. The first kappa shape index (κ1) is 19.2. The fourth-order valence-electron chi connectivity index (χ4n) is 3.22. The SMILES string of the molecule is COc1ccc([C@H](CNC(=O)c2cc(C)[nH]n2)N2CCOCC2)cc1OC. The van der Waals surface area contributed by atoms with Crippen molar-refractivity contribution in [3.05, 3.63) is 41.2 Å². The minimum atomic E-state index is -0.196. The van der Waals surface area contributed by atoms with Gasteiger partial charge in [-0.3, -0.25) is 14.8 Å². The highest BCUT2D eigenvalue weighted by Crippen LogP contribution is 2.32. The molecule has 8 heteroatoms. The highest BCUT2D eigenvalue weighted by atomic mass is 16.5. The molecule has 3 rings (SSSR count). The summed E-state index contributed by atoms with van der Waals surface area (Å²) in [5, 5.41) is 9.81. The molecule has 0 spiro atoms. The van der Waals surface area contributed by atoms with Crippen molar-refractivity contribution in [2.75, 3.05) is 47.1 Å². The van der Waals surface area contributed by atoms with Crippen molar-refractivity contribution in [3.63, 3.8) is 0 Å². The van der Waals surface area contributed by atoms with Crippen molar-refractivity contribution in [2.45, 2.75) is 13.0 Å². The highest BCUT2D eigenvalue weighted by molar-refractivity contribution is 5.92. The van der Waals surface area contributed by atoms with Crippen molar-refractivity contribution >= 4 is 5.91 Å². The summed E-state index contributed by atoms with van der Waals surface area (Å²) in [5.41, 5.74) is 2.29. The molecular formula is C19H26N4O4. The van der Waals surface area contributed by atoms with Gasteiger partial charge in [0.2, 0.25) is 0 Å². The smallest absolute Gasteiger partial charge is 0.271 e. The standard InChI is InChI=1S/C19H26N4O4/c1-13-10-15(22-21-13)19(24)20-12-16(23-6-8-27-9-7-23)14-4-5-17(25-2)18(11-14)26-3/h4-5,10-11,16H,6-9,12H2,1-3H3,(H,20,24)(H,21,22)/t16-/m0/s1. The third-order valence-corrected chi connectivity index (χ3v) is 4.67. The molecule has 0 saturated carbocycles. The molecule has 2 N–H and O–H groups in total. The summed E-state index contributed by atoms with van der Waals surface area (Å²) in [6, 6.07) is 7.59. The lowest BCUT2D eigenvalue weighted by Crippen LogP contribution is -2.43. The molecule has 27 heavy (non-hydrogen) atoms. The van der Waals surface area contributed by atoms with Crippen LogP contribution in [0.4, 0.5) is 0 Å². The first-order valence-electron chi connectivity index (χ1n) is 8.96. The van der Waals surface area contributed by atoms with Crippen LogP contribution in [0.15, 0.2) is 24.3 Å². The second kappa shape index (κ2) is 8.88. The lowest BCUT2D eigenvalue weighted by Gasteiger charge is -2.35. The Balaban J connectivity index is 1.79. The summed E-state index contributed by atoms with van der Waals surface area (Å²) >= 11 is 0. The van der Waals surface area contributed by atoms with Gasteiger partial charge in [0, 0.05) is 25.3 Å². The van der Waals surface area contributed by atoms with Crippen LogP contribution in [0.1, 0.15) is 27.8 Å². The summed E-state index contributed by atoms with van der Waals surface area (Å²) in [4.78, 5) is 14.7. The number of morpholine rings is 1. The number of amides is 1. The minimum absolute atomic E-state index is 0.00213. The van der Waals surface area contributed by atoms with E-state index in [0.717, 1.165) is 24.3 Å². The molecular weight excluding hydrogens is 348 g/mol. The average Bonchev–Trinajstić information content (AvgIpc) is 3.15. The molecule has 0 aliphatic carbocycles. The van der Waals surface area contributed by atoms with E-state index in [-0.39, 0.29) is 11.9 Å². The highest BCUT2D eigenvalue weighted by Gasteiger charge is 2.25. The normalized spacial score (nSPS) is 16.0. The van der Waals surface area contributed by atoms with Gasteiger partial charge in [-0.05, 0) is 30.7 Å². The predicted octanol–water partition coefficient (Wildman–Crippen LogP) is 1.54. The molecule has 1 saturated heterocycles. The van der Waals surface area contributed by atoms with E-state index in [2.05, 4.69) is 20.4 Å². The number of carbonyl (C=O) groups is 1. The molecule has 1 aromatic heterocycles. The van der Waals surface area contributed by atoms with Gasteiger partial charge in [0.05, 0.1) is 33.5 Å². The lowest BCUT2D eigenvalue weighted by molar-refractivity contribution is 0.0161. The van der Waals surface area contributed by atoms with Crippen molar-refractivity contribution in [3.8, 4) is 11.5 Å². The van der Waals surface area contributed by atoms with Gasteiger partial charge in [0.15, 0.2) is 11.5 Å². The second-order valence-electron chi connectivity index (χ2n) is 6.42. The van der Waals surface area contributed by atoms with Crippen LogP contribution in [0.5, 0.6) is 11.5 Å². The molecule has 0 radical (unpaired) electrons. The fourth-order valence-corrected chi connectivity index (χ4v) is 3.22. The van der Waals surface area contributed by atoms with Gasteiger partial charge in [0.25, 0.3) is 5.91 Å². The largest absolute Gasteiger partial charge is 0.493 e. The summed E-state index contributed by atoms with van der Waals surface area (Å²) in [5.74, 6) is 1.15. The number of carbonyl (C=O) groups excluding carboxylic acids is 1. The van der Waals surface area contributed by atoms with E-state index >= 15 is 0 Å². The van der Waals surface area contributed by atoms with E-state index in [1.807, 2.05) is 25.1 Å². The van der Waals surface area contributed by atoms with Gasteiger partial charge in [-0.1, -0.05) is 6.07 Å². The van der Waals surface area contributed by atoms with E-state index in [9.17, 15) is 4.79 Å². The number of aromatic nitrogens is 2. The summed E-state index contributed by atoms with van der Waals surface area (Å²) in [7, 11) is 3.23. The van der Waals surface area contributed by atoms with Crippen molar-refractivity contribution in [1.82, 2.24) is 20.4 Å². The molecule has 1 aromatic carbocycles. The first-order chi connectivity index (χ1) is 13.1. The van der Waals surface area contributed by atoms with Crippen LogP contribution in [-0.4, -0.2) is 68.1 Å². The number of ether oxygens (including phenoxy) is 3. The molecule has 0 unspecified atom stereocenters. The summed E-state index contributed by atoms with van der Waals surface area (Å²) in [6.07, 6.45) is 0. The van der Waals surface area contributed by atoms with Crippen LogP contribution in [-0.2, 0) is 4.74 Å². The van der Waals surface area contributed by atoms with Crippen LogP contribution in [0.2, 0.25) is 0 Å². The van der Waals surface area contributed by atoms with Crippen LogP contribution in [0.3, 0.4) is 0 Å². The zero-order valence-electron chi connectivity index (χ0n) is 15.9. The van der Waals surface area contributed by atoms with E-state index in [1.54, 1.807) is 20.3 Å². The molecule has 1 aliphatic heterocycles. The maximum Gasteiger partial charge on any atom is 0.271 e. The number of benzene rings is 1. The number of aryl methyl sites for hydroxylation is 1. The van der Waals surface area contributed by atoms with Gasteiger partial charge in [-0.25, -0.2) is 0 Å². The van der Waals surface area contributed by atoms with Crippen molar-refractivity contribution < 1.29 is 19.0 Å². The number of hydrogen-bond acceptors (Lipinski definition) is 6. The minimum Gasteiger partial charge on any atom is -0.493 e. The Hall–Kier alpha value is -2.58. The lowest BCUT2D eigenvalue weighted by atomic mass is 10.0. The zero-order chi connectivity index (χ0) is 19.2. The van der Waals surface area contributed by atoms with Crippen LogP contribution in [0.25, 0.3) is 0 Å². The quantitative estimate of drug-likeness (QED) is 0.764. The summed E-state index contributed by atoms with van der Waals surface area (Å²) < 4.78 is 16.3. The number of methoxy groups -OCH3 is 2. The molecule has 146 valence electrons. The van der Waals surface area contributed by atoms with Gasteiger partial charge in [-0.15, -0.1) is 0 Å². The van der Waals surface area contributed by atoms with E-state index in [0.29, 0.717) is 37.0 Å². The van der Waals surface area contributed by atoms with Gasteiger partial charge < -0.3 is 19.5 Å². The predicted molar refractivity (Wildman–Crippen MR) is 100 cm³/mol. The number of aromatic amines is 1. The molecule has 1 amide bonds. The molecule has 2 aromatic rings. The van der Waals surface area contributed by atoms with E-state index < -0.39 is 0 Å². The van der Waals surface area contributed by atoms with Gasteiger partial charge in [0.1, 0.15) is 5.69 Å². The maximum absolute atomic E-state index is 12.4. The average molecular weight is 374 g/mol. The summed E-state index contributed by atoms with van der Waals surface area (Å²) in [6.45, 7) is 5.28. The first-order valence-corrected chi connectivity index (χ1v) is 8.96. The van der Waals surface area contributed by atoms with Gasteiger partial charge in [-0.2, -0.15) is 5.10 Å². The Morgan fingerprint density at radius 3 is 2.63 bits per heavy atom. The molecule has 1 fully saturated rings. The zero-order valence-corrected chi connectivity index (χ0v) is 15.9. The number of nitrogens with one attached hydrogen (secondary N) is 2. The molecule has 2 heterocycles. The molecule has 8 nitrogen and oxygen atoms in total. The Morgan fingerprint density at radius 1 is 1.26 bits per heavy atom. The van der Waals surface area contributed by atoms with Crippen LogP contribution < -0.4 is 14.8 Å². The number of nitrogens with zero attached hydrogens (tertiary/aromatic N) is 2. The number of hydrogen-bond donors (Lipinski definition) is 2. The Labute approximate surface area is 158 Å².